The van der Waals surface area contributed by atoms with Crippen molar-refractivity contribution in [2.24, 2.45) is 10.4 Å². The van der Waals surface area contributed by atoms with Crippen molar-refractivity contribution in [1.82, 2.24) is 15.5 Å². The summed E-state index contributed by atoms with van der Waals surface area (Å²) in [7, 11) is 5.22. The minimum Gasteiger partial charge on any atom is -0.356 e. The maximum atomic E-state index is 13.7. The maximum Gasteiger partial charge on any atom is 0.230 e. The molecule has 0 radical (unpaired) electrons. The van der Waals surface area contributed by atoms with E-state index in [0.29, 0.717) is 31.0 Å². The van der Waals surface area contributed by atoms with Gasteiger partial charge in [-0.1, -0.05) is 18.9 Å². The first-order valence-electron chi connectivity index (χ1n) is 8.98. The highest BCUT2D eigenvalue weighted by atomic mass is 127. The zero-order chi connectivity index (χ0) is 19.2. The first kappa shape index (κ1) is 23.6. The first-order valence-corrected chi connectivity index (χ1v) is 8.98. The predicted octanol–water partition coefficient (Wildman–Crippen LogP) is 2.94. The molecular weight excluding hydrogens is 465 g/mol. The summed E-state index contributed by atoms with van der Waals surface area (Å²) >= 11 is 0. The third-order valence-electron chi connectivity index (χ3n) is 4.94. The molecule has 0 aromatic heterocycles. The van der Waals surface area contributed by atoms with E-state index in [4.69, 9.17) is 0 Å². The van der Waals surface area contributed by atoms with E-state index in [2.05, 4.69) is 15.6 Å². The average Bonchev–Trinajstić information content (AvgIpc) is 3.08. The van der Waals surface area contributed by atoms with Crippen molar-refractivity contribution in [3.63, 3.8) is 0 Å². The fourth-order valence-corrected chi connectivity index (χ4v) is 3.51. The molecular formula is C19H29F2IN4O. The van der Waals surface area contributed by atoms with Crippen LogP contribution in [0.4, 0.5) is 8.78 Å². The number of halogens is 3. The van der Waals surface area contributed by atoms with Gasteiger partial charge in [-0.3, -0.25) is 9.79 Å². The summed E-state index contributed by atoms with van der Waals surface area (Å²) in [6, 6.07) is 3.59. The van der Waals surface area contributed by atoms with Crippen molar-refractivity contribution >= 4 is 35.8 Å². The number of carbonyl (C=O) groups is 1. The van der Waals surface area contributed by atoms with Gasteiger partial charge in [0.25, 0.3) is 0 Å². The molecule has 0 heterocycles. The molecule has 0 aliphatic heterocycles. The van der Waals surface area contributed by atoms with Crippen LogP contribution in [-0.2, 0) is 11.2 Å². The highest BCUT2D eigenvalue weighted by Gasteiger charge is 2.42. The Labute approximate surface area is 177 Å². The van der Waals surface area contributed by atoms with Gasteiger partial charge in [0.15, 0.2) is 5.96 Å². The molecule has 1 aromatic carbocycles. The third-order valence-corrected chi connectivity index (χ3v) is 4.94. The second kappa shape index (κ2) is 10.8. The van der Waals surface area contributed by atoms with E-state index < -0.39 is 11.6 Å². The number of guanidine groups is 1. The molecule has 2 rings (SSSR count). The number of benzene rings is 1. The van der Waals surface area contributed by atoms with Crippen LogP contribution in [0.5, 0.6) is 0 Å². The molecule has 1 fully saturated rings. The van der Waals surface area contributed by atoms with Gasteiger partial charge >= 0.3 is 0 Å². The van der Waals surface area contributed by atoms with Gasteiger partial charge in [0.05, 0.1) is 5.41 Å². The number of rotatable bonds is 6. The molecule has 1 aromatic rings. The normalized spacial score (nSPS) is 15.8. The molecule has 8 heteroatoms. The minimum atomic E-state index is -0.580. The van der Waals surface area contributed by atoms with Gasteiger partial charge in [0, 0.05) is 40.3 Å². The number of amides is 1. The Morgan fingerprint density at radius 3 is 2.44 bits per heavy atom. The third kappa shape index (κ3) is 6.29. The van der Waals surface area contributed by atoms with Crippen LogP contribution in [0.2, 0.25) is 0 Å². The first-order chi connectivity index (χ1) is 12.4. The van der Waals surface area contributed by atoms with E-state index in [1.54, 1.807) is 26.0 Å². The molecule has 1 aliphatic rings. The zero-order valence-corrected chi connectivity index (χ0v) is 18.5. The van der Waals surface area contributed by atoms with Crippen LogP contribution in [-0.4, -0.2) is 51.0 Å². The predicted molar refractivity (Wildman–Crippen MR) is 114 cm³/mol. The van der Waals surface area contributed by atoms with Crippen molar-refractivity contribution in [2.75, 3.05) is 34.2 Å². The van der Waals surface area contributed by atoms with E-state index in [1.165, 1.54) is 12.1 Å². The Morgan fingerprint density at radius 2 is 1.89 bits per heavy atom. The summed E-state index contributed by atoms with van der Waals surface area (Å²) in [5.74, 6) is -0.406. The smallest absolute Gasteiger partial charge is 0.230 e. The molecule has 0 saturated heterocycles. The molecule has 1 saturated carbocycles. The van der Waals surface area contributed by atoms with Crippen molar-refractivity contribution in [3.8, 4) is 0 Å². The van der Waals surface area contributed by atoms with Crippen molar-refractivity contribution in [1.29, 1.82) is 0 Å². The Kier molecular flexibility index (Phi) is 9.41. The highest BCUT2D eigenvalue weighted by Crippen LogP contribution is 2.38. The Bertz CT molecular complexity index is 661. The van der Waals surface area contributed by atoms with Crippen molar-refractivity contribution < 1.29 is 13.6 Å². The molecule has 1 amide bonds. The number of nitrogens with one attached hydrogen (secondary N) is 2. The fraction of sp³-hybridized carbons (Fsp3) is 0.579. The van der Waals surface area contributed by atoms with E-state index in [0.717, 1.165) is 31.7 Å². The molecule has 27 heavy (non-hydrogen) atoms. The van der Waals surface area contributed by atoms with Gasteiger partial charge in [-0.05, 0) is 30.9 Å². The second-order valence-electron chi connectivity index (χ2n) is 7.03. The number of nitrogens with zero attached hydrogens (tertiary/aromatic N) is 2. The molecule has 5 nitrogen and oxygen atoms in total. The van der Waals surface area contributed by atoms with Crippen LogP contribution >= 0.6 is 24.0 Å². The number of hydrogen-bond donors (Lipinski definition) is 2. The number of carbonyl (C=O) groups excluding carboxylic acids is 1. The molecule has 1 aliphatic carbocycles. The fourth-order valence-electron chi connectivity index (χ4n) is 3.51. The summed E-state index contributed by atoms with van der Waals surface area (Å²) < 4.78 is 26.6. The topological polar surface area (TPSA) is 56.7 Å². The standard InChI is InChI=1S/C19H28F2N4O.HI/c1-22-18(23-11-8-14-6-7-15(20)12-16(14)21)24-13-19(9-4-5-10-19)17(26)25(2)3;/h6-7,12H,4-5,8-11,13H2,1-3H3,(H2,22,23,24);1H. The maximum absolute atomic E-state index is 13.7. The quantitative estimate of drug-likeness (QED) is 0.364. The van der Waals surface area contributed by atoms with E-state index in [-0.39, 0.29) is 35.3 Å². The van der Waals surface area contributed by atoms with Gasteiger partial charge in [-0.25, -0.2) is 8.78 Å². The van der Waals surface area contributed by atoms with Gasteiger partial charge < -0.3 is 15.5 Å². The van der Waals surface area contributed by atoms with E-state index in [1.807, 2.05) is 0 Å². The Morgan fingerprint density at radius 1 is 1.22 bits per heavy atom. The van der Waals surface area contributed by atoms with Crippen molar-refractivity contribution in [2.45, 2.75) is 32.1 Å². The highest BCUT2D eigenvalue weighted by molar-refractivity contribution is 14.0. The van der Waals surface area contributed by atoms with Crippen LogP contribution in [0.15, 0.2) is 23.2 Å². The Hall–Kier alpha value is -1.45. The molecule has 0 spiro atoms. The lowest BCUT2D eigenvalue weighted by Gasteiger charge is -2.31. The second-order valence-corrected chi connectivity index (χ2v) is 7.03. The van der Waals surface area contributed by atoms with E-state index >= 15 is 0 Å². The summed E-state index contributed by atoms with van der Waals surface area (Å²) in [5, 5.41) is 6.36. The molecule has 0 bridgehead atoms. The van der Waals surface area contributed by atoms with Gasteiger partial charge in [0.1, 0.15) is 11.6 Å². The van der Waals surface area contributed by atoms with Crippen LogP contribution in [0.1, 0.15) is 31.2 Å². The largest absolute Gasteiger partial charge is 0.356 e. The lowest BCUT2D eigenvalue weighted by Crippen LogP contribution is -2.49. The molecule has 0 unspecified atom stereocenters. The van der Waals surface area contributed by atoms with Gasteiger partial charge in [-0.15, -0.1) is 24.0 Å². The van der Waals surface area contributed by atoms with Crippen LogP contribution < -0.4 is 10.6 Å². The van der Waals surface area contributed by atoms with Crippen LogP contribution in [0, 0.1) is 17.0 Å². The lowest BCUT2D eigenvalue weighted by atomic mass is 9.84. The van der Waals surface area contributed by atoms with Crippen molar-refractivity contribution in [3.05, 3.63) is 35.4 Å². The molecule has 152 valence electrons. The van der Waals surface area contributed by atoms with Gasteiger partial charge in [-0.2, -0.15) is 0 Å². The number of hydrogen-bond acceptors (Lipinski definition) is 2. The zero-order valence-electron chi connectivity index (χ0n) is 16.1. The monoisotopic (exact) mass is 494 g/mol. The summed E-state index contributed by atoms with van der Waals surface area (Å²) in [6.07, 6.45) is 4.26. The Balaban J connectivity index is 0.00000364. The lowest BCUT2D eigenvalue weighted by molar-refractivity contribution is -0.138. The molecule has 2 N–H and O–H groups in total. The average molecular weight is 494 g/mol. The summed E-state index contributed by atoms with van der Waals surface area (Å²) in [6.45, 7) is 0.978. The summed E-state index contributed by atoms with van der Waals surface area (Å²) in [4.78, 5) is 18.4. The summed E-state index contributed by atoms with van der Waals surface area (Å²) in [5.41, 5.74) is 0.0638. The van der Waals surface area contributed by atoms with E-state index in [9.17, 15) is 13.6 Å². The van der Waals surface area contributed by atoms with Crippen LogP contribution in [0.3, 0.4) is 0 Å². The SMILES string of the molecule is CN=C(NCCc1ccc(F)cc1F)NCC1(C(=O)N(C)C)CCCC1.I. The number of aliphatic imine (C=N–C) groups is 1. The van der Waals surface area contributed by atoms with Gasteiger partial charge in [0.2, 0.25) is 5.91 Å². The van der Waals surface area contributed by atoms with Crippen LogP contribution in [0.25, 0.3) is 0 Å². The molecule has 0 atom stereocenters. The minimum absolute atomic E-state index is 0.